The van der Waals surface area contributed by atoms with Crippen molar-refractivity contribution in [3.63, 3.8) is 0 Å². The lowest BCUT2D eigenvalue weighted by atomic mass is 10.2. The van der Waals surface area contributed by atoms with E-state index in [0.717, 1.165) is 31.6 Å². The zero-order valence-electron chi connectivity index (χ0n) is 9.52. The molecule has 1 N–H and O–H groups in total. The minimum Gasteiger partial charge on any atom is -0.444 e. The highest BCUT2D eigenvalue weighted by atomic mass is 79.9. The van der Waals surface area contributed by atoms with E-state index >= 15 is 0 Å². The predicted octanol–water partition coefficient (Wildman–Crippen LogP) is 2.22. The van der Waals surface area contributed by atoms with Gasteiger partial charge in [-0.05, 0) is 40.9 Å². The Morgan fingerprint density at radius 3 is 3.06 bits per heavy atom. The summed E-state index contributed by atoms with van der Waals surface area (Å²) in [7, 11) is 0. The zero-order valence-corrected chi connectivity index (χ0v) is 11.1. The van der Waals surface area contributed by atoms with Gasteiger partial charge in [0.05, 0.1) is 0 Å². The quantitative estimate of drug-likeness (QED) is 0.923. The van der Waals surface area contributed by atoms with E-state index in [0.29, 0.717) is 10.6 Å². The molecule has 0 aliphatic carbocycles. The maximum atomic E-state index is 11.9. The molecule has 2 aromatic heterocycles. The first-order valence-electron chi connectivity index (χ1n) is 5.73. The lowest BCUT2D eigenvalue weighted by Crippen LogP contribution is -2.18. The summed E-state index contributed by atoms with van der Waals surface area (Å²) in [5.41, 5.74) is 0. The van der Waals surface area contributed by atoms with Crippen molar-refractivity contribution in [1.29, 1.82) is 0 Å². The molecule has 18 heavy (non-hydrogen) atoms. The minimum atomic E-state index is -0.318. The number of halogens is 1. The van der Waals surface area contributed by atoms with Crippen LogP contribution in [0.3, 0.4) is 0 Å². The Hall–Kier alpha value is -1.63. The molecule has 0 radical (unpaired) electrons. The Balaban J connectivity index is 1.80. The highest BCUT2D eigenvalue weighted by Crippen LogP contribution is 2.19. The Kier molecular flexibility index (Phi) is 2.91. The van der Waals surface area contributed by atoms with Crippen molar-refractivity contribution in [1.82, 2.24) is 14.8 Å². The highest BCUT2D eigenvalue weighted by Gasteiger charge is 2.19. The maximum Gasteiger partial charge on any atom is 0.293 e. The lowest BCUT2D eigenvalue weighted by Gasteiger charge is -2.14. The van der Waals surface area contributed by atoms with Crippen LogP contribution in [0.1, 0.15) is 29.2 Å². The molecule has 7 heteroatoms. The number of hydrogen-bond acceptors (Lipinski definition) is 4. The molecule has 0 aromatic carbocycles. The van der Waals surface area contributed by atoms with E-state index < -0.39 is 0 Å². The van der Waals surface area contributed by atoms with Crippen molar-refractivity contribution in [3.05, 3.63) is 28.4 Å². The number of aromatic nitrogens is 3. The topological polar surface area (TPSA) is 73.0 Å². The van der Waals surface area contributed by atoms with Crippen LogP contribution in [0.5, 0.6) is 0 Å². The van der Waals surface area contributed by atoms with Crippen molar-refractivity contribution < 1.29 is 9.21 Å². The molecule has 6 nitrogen and oxygen atoms in total. The second-order valence-electron chi connectivity index (χ2n) is 4.11. The van der Waals surface area contributed by atoms with Crippen molar-refractivity contribution in [3.8, 4) is 0 Å². The van der Waals surface area contributed by atoms with Crippen molar-refractivity contribution in [2.45, 2.75) is 25.8 Å². The second kappa shape index (κ2) is 4.56. The van der Waals surface area contributed by atoms with Gasteiger partial charge in [0, 0.05) is 13.0 Å². The number of hydrogen-bond donors (Lipinski definition) is 1. The third kappa shape index (κ3) is 2.05. The molecule has 2 aromatic rings. The molecule has 3 heterocycles. The third-order valence-corrected chi connectivity index (χ3v) is 3.31. The molecule has 0 bridgehead atoms. The molecular weight excluding hydrogens is 300 g/mol. The molecule has 94 valence electrons. The number of anilines is 1. The summed E-state index contributed by atoms with van der Waals surface area (Å²) in [4.78, 5) is 11.9. The van der Waals surface area contributed by atoms with Gasteiger partial charge >= 0.3 is 0 Å². The summed E-state index contributed by atoms with van der Waals surface area (Å²) in [5, 5.41) is 10.8. The molecule has 3 rings (SSSR count). The van der Waals surface area contributed by atoms with Gasteiger partial charge in [0.25, 0.3) is 5.91 Å². The molecule has 0 saturated carbocycles. The van der Waals surface area contributed by atoms with Gasteiger partial charge in [-0.3, -0.25) is 14.7 Å². The van der Waals surface area contributed by atoms with Crippen LogP contribution >= 0.6 is 15.9 Å². The van der Waals surface area contributed by atoms with Gasteiger partial charge in [-0.2, -0.15) is 0 Å². The normalized spacial score (nSPS) is 14.3. The number of carbonyl (C=O) groups is 1. The second-order valence-corrected chi connectivity index (χ2v) is 4.89. The van der Waals surface area contributed by atoms with Gasteiger partial charge in [-0.25, -0.2) is 0 Å². The number of nitrogens with one attached hydrogen (secondary N) is 1. The highest BCUT2D eigenvalue weighted by molar-refractivity contribution is 9.10. The van der Waals surface area contributed by atoms with E-state index in [2.05, 4.69) is 31.4 Å². The van der Waals surface area contributed by atoms with Crippen molar-refractivity contribution in [2.24, 2.45) is 0 Å². The van der Waals surface area contributed by atoms with Gasteiger partial charge in [-0.15, -0.1) is 10.2 Å². The van der Waals surface area contributed by atoms with Crippen LogP contribution in [0, 0.1) is 0 Å². The molecule has 1 aliphatic heterocycles. The smallest absolute Gasteiger partial charge is 0.293 e. The molecule has 0 fully saturated rings. The summed E-state index contributed by atoms with van der Waals surface area (Å²) in [6, 6.07) is 3.28. The fourth-order valence-corrected chi connectivity index (χ4v) is 2.31. The SMILES string of the molecule is O=C(Nc1nnc2n1CCCC2)c1ccc(Br)o1. The van der Waals surface area contributed by atoms with E-state index in [-0.39, 0.29) is 11.7 Å². The molecule has 0 spiro atoms. The lowest BCUT2D eigenvalue weighted by molar-refractivity contribution is 0.0994. The summed E-state index contributed by atoms with van der Waals surface area (Å²) in [5.74, 6) is 1.34. The fourth-order valence-electron chi connectivity index (χ4n) is 2.00. The Morgan fingerprint density at radius 2 is 2.28 bits per heavy atom. The van der Waals surface area contributed by atoms with Gasteiger partial charge < -0.3 is 4.42 Å². The average Bonchev–Trinajstić information content (AvgIpc) is 2.97. The Morgan fingerprint density at radius 1 is 1.39 bits per heavy atom. The van der Waals surface area contributed by atoms with E-state index in [1.807, 2.05) is 4.57 Å². The van der Waals surface area contributed by atoms with Gasteiger partial charge in [0.2, 0.25) is 5.95 Å². The van der Waals surface area contributed by atoms with E-state index in [9.17, 15) is 4.79 Å². The van der Waals surface area contributed by atoms with Gasteiger partial charge in [0.1, 0.15) is 5.82 Å². The molecule has 1 amide bonds. The van der Waals surface area contributed by atoms with Crippen molar-refractivity contribution >= 4 is 27.8 Å². The molecule has 1 aliphatic rings. The first kappa shape index (κ1) is 11.5. The molecule has 0 atom stereocenters. The Labute approximate surface area is 112 Å². The first-order valence-corrected chi connectivity index (χ1v) is 6.52. The average molecular weight is 311 g/mol. The standard InChI is InChI=1S/C11H11BrN4O2/c12-8-5-4-7(18-8)10(17)13-11-15-14-9-3-1-2-6-16(9)11/h4-5H,1-3,6H2,(H,13,15,17). The molecule has 0 unspecified atom stereocenters. The number of furan rings is 1. The van der Waals surface area contributed by atoms with Crippen LogP contribution < -0.4 is 5.32 Å². The van der Waals surface area contributed by atoms with Gasteiger partial charge in [-0.1, -0.05) is 0 Å². The van der Waals surface area contributed by atoms with E-state index in [4.69, 9.17) is 4.42 Å². The van der Waals surface area contributed by atoms with Crippen LogP contribution in [0.15, 0.2) is 21.2 Å². The van der Waals surface area contributed by atoms with Crippen LogP contribution in [-0.2, 0) is 13.0 Å². The van der Waals surface area contributed by atoms with E-state index in [1.54, 1.807) is 12.1 Å². The summed E-state index contributed by atoms with van der Waals surface area (Å²) in [6.07, 6.45) is 3.12. The zero-order chi connectivity index (χ0) is 12.5. The molecule has 0 saturated heterocycles. The van der Waals surface area contributed by atoms with Crippen LogP contribution in [-0.4, -0.2) is 20.7 Å². The van der Waals surface area contributed by atoms with Crippen molar-refractivity contribution in [2.75, 3.05) is 5.32 Å². The third-order valence-electron chi connectivity index (χ3n) is 2.88. The Bertz CT molecular complexity index is 590. The number of aryl methyl sites for hydroxylation is 1. The monoisotopic (exact) mass is 310 g/mol. The number of carbonyl (C=O) groups excluding carboxylic acids is 1. The predicted molar refractivity (Wildman–Crippen MR) is 67.3 cm³/mol. The number of nitrogens with zero attached hydrogens (tertiary/aromatic N) is 3. The fraction of sp³-hybridized carbons (Fsp3) is 0.364. The summed E-state index contributed by atoms with van der Waals surface area (Å²) < 4.78 is 7.65. The number of rotatable bonds is 2. The number of fused-ring (bicyclic) bond motifs is 1. The molecular formula is C11H11BrN4O2. The van der Waals surface area contributed by atoms with Crippen LogP contribution in [0.2, 0.25) is 0 Å². The summed E-state index contributed by atoms with van der Waals surface area (Å²) in [6.45, 7) is 0.847. The van der Waals surface area contributed by atoms with Gasteiger partial charge in [0.15, 0.2) is 10.4 Å². The van der Waals surface area contributed by atoms with Crippen LogP contribution in [0.4, 0.5) is 5.95 Å². The minimum absolute atomic E-state index is 0.245. The maximum absolute atomic E-state index is 11.9. The number of amides is 1. The largest absolute Gasteiger partial charge is 0.444 e. The van der Waals surface area contributed by atoms with Crippen LogP contribution in [0.25, 0.3) is 0 Å². The summed E-state index contributed by atoms with van der Waals surface area (Å²) >= 11 is 3.16. The van der Waals surface area contributed by atoms with E-state index in [1.165, 1.54) is 0 Å². The first-order chi connectivity index (χ1) is 8.74.